The smallest absolute Gasteiger partial charge is 0.326 e. The van der Waals surface area contributed by atoms with E-state index >= 15 is 0 Å². The Hall–Kier alpha value is -4.71. The van der Waals surface area contributed by atoms with Crippen molar-refractivity contribution in [1.82, 2.24) is 30.4 Å². The molecular formula is C49H78N6O11. The van der Waals surface area contributed by atoms with Crippen molar-refractivity contribution >= 4 is 41.4 Å². The average Bonchev–Trinajstić information content (AvgIpc) is 3.89. The summed E-state index contributed by atoms with van der Waals surface area (Å²) >= 11 is 0. The molecule has 1 aromatic rings. The number of carboxylic acids is 1. The minimum atomic E-state index is -1.15. The fraction of sp³-hybridized carbons (Fsp3) is 0.694. The summed E-state index contributed by atoms with van der Waals surface area (Å²) in [6.45, 7) is 14.4. The quantitative estimate of drug-likeness (QED) is 0.0587. The lowest BCUT2D eigenvalue weighted by Gasteiger charge is -2.41. The topological polar surface area (TPSA) is 204 Å². The number of likely N-dealkylation sites (tertiary alicyclic amines) is 1. The summed E-state index contributed by atoms with van der Waals surface area (Å²) in [5.74, 6) is -4.44. The first kappa shape index (κ1) is 55.6. The highest BCUT2D eigenvalue weighted by atomic mass is 16.7. The summed E-state index contributed by atoms with van der Waals surface area (Å²) in [5, 5.41) is 17.2. The van der Waals surface area contributed by atoms with Crippen molar-refractivity contribution in [2.45, 2.75) is 149 Å². The number of hydrogen-bond acceptors (Lipinski definition) is 11. The van der Waals surface area contributed by atoms with Gasteiger partial charge in [-0.1, -0.05) is 98.1 Å². The van der Waals surface area contributed by atoms with Crippen LogP contribution in [-0.2, 0) is 54.3 Å². The lowest BCUT2D eigenvalue weighted by Crippen LogP contribution is -2.60. The van der Waals surface area contributed by atoms with Crippen LogP contribution >= 0.6 is 0 Å². The molecule has 3 rings (SSSR count). The van der Waals surface area contributed by atoms with Gasteiger partial charge in [-0.15, -0.1) is 0 Å². The number of benzene rings is 1. The normalized spacial score (nSPS) is 18.8. The van der Waals surface area contributed by atoms with Crippen LogP contribution in [0, 0.1) is 23.7 Å². The van der Waals surface area contributed by atoms with Crippen LogP contribution in [0.1, 0.15) is 105 Å². The number of hydroxylamine groups is 2. The molecule has 370 valence electrons. The zero-order chi connectivity index (χ0) is 49.2. The number of carbonyl (C=O) groups excluding carboxylic acids is 6. The summed E-state index contributed by atoms with van der Waals surface area (Å²) in [4.78, 5) is 103. The highest BCUT2D eigenvalue weighted by Crippen LogP contribution is 2.30. The molecule has 1 aromatic carbocycles. The van der Waals surface area contributed by atoms with Crippen LogP contribution in [-0.4, -0.2) is 157 Å². The Morgan fingerprint density at radius 3 is 2.05 bits per heavy atom. The van der Waals surface area contributed by atoms with E-state index in [0.29, 0.717) is 51.8 Å². The molecule has 66 heavy (non-hydrogen) atoms. The molecule has 1 saturated heterocycles. The number of ether oxygens (including phenoxy) is 2. The number of rotatable bonds is 29. The molecule has 0 saturated carbocycles. The number of methoxy groups -OCH3 is 2. The Kier molecular flexibility index (Phi) is 22.9. The summed E-state index contributed by atoms with van der Waals surface area (Å²) in [6, 6.07) is 5.31. The minimum Gasteiger partial charge on any atom is -0.480 e. The third kappa shape index (κ3) is 15.4. The van der Waals surface area contributed by atoms with Crippen molar-refractivity contribution in [2.75, 3.05) is 48.0 Å². The molecule has 2 aliphatic rings. The molecule has 17 nitrogen and oxygen atoms in total. The van der Waals surface area contributed by atoms with Gasteiger partial charge < -0.3 is 35.0 Å². The monoisotopic (exact) mass is 927 g/mol. The average molecular weight is 927 g/mol. The maximum Gasteiger partial charge on any atom is 0.326 e. The van der Waals surface area contributed by atoms with E-state index in [1.165, 1.54) is 31.3 Å². The molecule has 0 bridgehead atoms. The van der Waals surface area contributed by atoms with Gasteiger partial charge in [0.15, 0.2) is 0 Å². The van der Waals surface area contributed by atoms with Gasteiger partial charge >= 0.3 is 5.97 Å². The van der Waals surface area contributed by atoms with Crippen LogP contribution in [0.3, 0.4) is 0 Å². The molecule has 0 aliphatic carbocycles. The second-order valence-corrected chi connectivity index (χ2v) is 18.6. The van der Waals surface area contributed by atoms with Crippen molar-refractivity contribution in [3.8, 4) is 0 Å². The highest BCUT2D eigenvalue weighted by Gasteiger charge is 2.43. The molecule has 2 heterocycles. The zero-order valence-electron chi connectivity index (χ0n) is 41.2. The third-order valence-corrected chi connectivity index (χ3v) is 13.1. The molecule has 2 aliphatic heterocycles. The molecule has 1 fully saturated rings. The van der Waals surface area contributed by atoms with Gasteiger partial charge in [-0.3, -0.25) is 38.5 Å². The highest BCUT2D eigenvalue weighted by molar-refractivity contribution is 6.12. The van der Waals surface area contributed by atoms with E-state index in [-0.39, 0.29) is 60.1 Å². The number of nitrogens with zero attached hydrogens (tertiary/aromatic N) is 4. The maximum absolute atomic E-state index is 14.5. The Morgan fingerprint density at radius 2 is 1.48 bits per heavy atom. The second kappa shape index (κ2) is 27.2. The van der Waals surface area contributed by atoms with Gasteiger partial charge in [0.25, 0.3) is 11.8 Å². The van der Waals surface area contributed by atoms with Crippen LogP contribution in [0.4, 0.5) is 0 Å². The van der Waals surface area contributed by atoms with E-state index in [4.69, 9.17) is 14.3 Å². The van der Waals surface area contributed by atoms with E-state index < -0.39 is 60.2 Å². The molecule has 9 atom stereocenters. The number of imide groups is 1. The Balaban J connectivity index is 1.67. The van der Waals surface area contributed by atoms with Crippen LogP contribution < -0.4 is 10.6 Å². The van der Waals surface area contributed by atoms with Crippen LogP contribution in [0.25, 0.3) is 0 Å². The largest absolute Gasteiger partial charge is 0.480 e. The molecule has 0 aromatic heterocycles. The molecule has 3 N–H and O–H groups in total. The number of nitrogens with one attached hydrogen (secondary N) is 2. The summed E-state index contributed by atoms with van der Waals surface area (Å²) in [6.07, 6.45) is 6.14. The summed E-state index contributed by atoms with van der Waals surface area (Å²) in [5.41, 5.74) is 0.770. The van der Waals surface area contributed by atoms with E-state index in [1.54, 1.807) is 48.0 Å². The zero-order valence-corrected chi connectivity index (χ0v) is 41.2. The van der Waals surface area contributed by atoms with Crippen molar-refractivity contribution in [1.29, 1.82) is 0 Å². The number of carbonyl (C=O) groups is 7. The van der Waals surface area contributed by atoms with E-state index in [1.807, 2.05) is 59.7 Å². The minimum absolute atomic E-state index is 0.0552. The molecule has 0 radical (unpaired) electrons. The Bertz CT molecular complexity index is 1780. The van der Waals surface area contributed by atoms with E-state index in [9.17, 15) is 38.7 Å². The first-order valence-corrected chi connectivity index (χ1v) is 23.7. The van der Waals surface area contributed by atoms with Gasteiger partial charge in [-0.2, -0.15) is 5.06 Å². The van der Waals surface area contributed by atoms with E-state index in [2.05, 4.69) is 10.6 Å². The lowest BCUT2D eigenvalue weighted by molar-refractivity contribution is -0.185. The summed E-state index contributed by atoms with van der Waals surface area (Å²) < 4.78 is 11.9. The van der Waals surface area contributed by atoms with Crippen molar-refractivity contribution in [3.63, 3.8) is 0 Å². The number of hydrogen-bond donors (Lipinski definition) is 3. The van der Waals surface area contributed by atoms with E-state index in [0.717, 1.165) is 18.4 Å². The third-order valence-electron chi connectivity index (χ3n) is 13.1. The van der Waals surface area contributed by atoms with Crippen LogP contribution in [0.15, 0.2) is 42.5 Å². The Morgan fingerprint density at radius 1 is 0.848 bits per heavy atom. The first-order chi connectivity index (χ1) is 31.3. The maximum atomic E-state index is 14.5. The number of unbranched alkanes of at least 4 members (excludes halogenated alkanes) is 3. The molecule has 0 spiro atoms. The van der Waals surface area contributed by atoms with Gasteiger partial charge in [0.05, 0.1) is 43.2 Å². The number of amides is 6. The lowest BCUT2D eigenvalue weighted by atomic mass is 9.89. The SMILES string of the molecule is CC[C@H](C)C([C@@H](CC(=O)N1CCC[C@H]1[C@H](OC)[C@@H](C)C(=O)N[C@@H](Cc1ccccc1)C(=O)O)OC)N(C)C(=O)[C@@H](NC(=O)[C@H](C(C)C)N(C)OCCCCCCN1C(=O)C=CC1=O)C(C)C. The predicted octanol–water partition coefficient (Wildman–Crippen LogP) is 4.23. The van der Waals surface area contributed by atoms with Crippen LogP contribution in [0.5, 0.6) is 0 Å². The molecular weight excluding hydrogens is 849 g/mol. The van der Waals surface area contributed by atoms with Crippen LogP contribution in [0.2, 0.25) is 0 Å². The predicted molar refractivity (Wildman–Crippen MR) is 249 cm³/mol. The Labute approximate surface area is 392 Å². The van der Waals surface area contributed by atoms with Gasteiger partial charge in [0.2, 0.25) is 23.6 Å². The van der Waals surface area contributed by atoms with Crippen molar-refractivity contribution in [2.24, 2.45) is 23.7 Å². The van der Waals surface area contributed by atoms with Gasteiger partial charge in [-0.05, 0) is 49.0 Å². The van der Waals surface area contributed by atoms with Crippen molar-refractivity contribution < 1.29 is 53.0 Å². The fourth-order valence-corrected chi connectivity index (χ4v) is 9.18. The molecule has 17 heteroatoms. The standard InChI is InChI=1S/C49H78N6O11/c1-12-33(6)44(38(64-10)30-41(58)54-27-20-23-37(54)45(65-11)34(7)46(59)50-36(49(62)63)29-35-21-16-15-17-22-35)52(8)48(61)42(31(2)3)51-47(60)43(32(4)5)53(9)66-28-19-14-13-18-26-55-39(56)24-25-40(55)57/h15-17,21-22,24-25,31-34,36-38,42-45H,12-14,18-20,23,26-30H2,1-11H3,(H,50,59)(H,51,60)(H,62,63)/t33-,34+,36-,37-,38+,42-,43-,44?,45+/m0/s1. The summed E-state index contributed by atoms with van der Waals surface area (Å²) in [7, 11) is 6.40. The number of likely N-dealkylation sites (N-methyl/N-ethyl adjacent to an activating group) is 2. The number of carboxylic acid groups (broad SMARTS) is 1. The van der Waals surface area contributed by atoms with Gasteiger partial charge in [0.1, 0.15) is 18.1 Å². The number of aliphatic carboxylic acids is 1. The first-order valence-electron chi connectivity index (χ1n) is 23.7. The van der Waals surface area contributed by atoms with Crippen molar-refractivity contribution in [3.05, 3.63) is 48.0 Å². The van der Waals surface area contributed by atoms with Gasteiger partial charge in [0, 0.05) is 60.0 Å². The second-order valence-electron chi connectivity index (χ2n) is 18.6. The van der Waals surface area contributed by atoms with Gasteiger partial charge in [-0.25, -0.2) is 4.79 Å². The fourth-order valence-electron chi connectivity index (χ4n) is 9.18. The molecule has 1 unspecified atom stereocenters. The molecule has 6 amide bonds.